The number of esters is 1. The molecule has 0 radical (unpaired) electrons. The second-order valence-corrected chi connectivity index (χ2v) is 8.13. The van der Waals surface area contributed by atoms with Crippen LogP contribution in [0.4, 0.5) is 10.5 Å². The van der Waals surface area contributed by atoms with E-state index in [2.05, 4.69) is 0 Å². The minimum Gasteiger partial charge on any atom is -0.468 e. The lowest BCUT2D eigenvalue weighted by atomic mass is 9.85. The van der Waals surface area contributed by atoms with Crippen LogP contribution >= 0.6 is 0 Å². The van der Waals surface area contributed by atoms with Crippen molar-refractivity contribution in [3.8, 4) is 0 Å². The van der Waals surface area contributed by atoms with Crippen LogP contribution in [0.1, 0.15) is 30.4 Å². The second kappa shape index (κ2) is 5.92. The van der Waals surface area contributed by atoms with Crippen LogP contribution in [-0.2, 0) is 25.7 Å². The number of carbonyl (C=O) groups excluding carboxylic acids is 3. The van der Waals surface area contributed by atoms with Gasteiger partial charge in [0.2, 0.25) is 0 Å². The Bertz CT molecular complexity index is 1030. The van der Waals surface area contributed by atoms with Crippen molar-refractivity contribution in [1.29, 1.82) is 0 Å². The van der Waals surface area contributed by atoms with Gasteiger partial charge in [-0.2, -0.15) is 0 Å². The molecule has 1 heterocycles. The molecular formula is C23H21NO5. The summed E-state index contributed by atoms with van der Waals surface area (Å²) in [6.45, 7) is 2.05. The number of amides is 1. The van der Waals surface area contributed by atoms with Crippen LogP contribution in [0.2, 0.25) is 0 Å². The second-order valence-electron chi connectivity index (χ2n) is 8.13. The maximum Gasteiger partial charge on any atom is 0.414 e. The zero-order chi connectivity index (χ0) is 20.4. The molecule has 2 aromatic carbocycles. The van der Waals surface area contributed by atoms with Crippen LogP contribution in [0.25, 0.3) is 0 Å². The fraction of sp³-hybridized carbons (Fsp3) is 0.348. The predicted molar refractivity (Wildman–Crippen MR) is 104 cm³/mol. The van der Waals surface area contributed by atoms with Crippen molar-refractivity contribution in [3.05, 3.63) is 65.7 Å². The first kappa shape index (κ1) is 17.9. The molecular weight excluding hydrogens is 370 g/mol. The van der Waals surface area contributed by atoms with Crippen molar-refractivity contribution in [2.24, 2.45) is 10.8 Å². The number of rotatable bonds is 3. The summed E-state index contributed by atoms with van der Waals surface area (Å²) in [6.07, 6.45) is -0.386. The zero-order valence-electron chi connectivity index (χ0n) is 16.3. The van der Waals surface area contributed by atoms with E-state index in [0.717, 1.165) is 11.1 Å². The highest BCUT2D eigenvalue weighted by molar-refractivity contribution is 6.15. The molecule has 1 amide bonds. The lowest BCUT2D eigenvalue weighted by Gasteiger charge is -2.38. The Kier molecular flexibility index (Phi) is 3.66. The summed E-state index contributed by atoms with van der Waals surface area (Å²) in [6, 6.07) is 16.5. The lowest BCUT2D eigenvalue weighted by Crippen LogP contribution is -2.47. The van der Waals surface area contributed by atoms with Crippen molar-refractivity contribution >= 4 is 23.5 Å². The Hall–Kier alpha value is -3.15. The highest BCUT2D eigenvalue weighted by Gasteiger charge is 2.90. The van der Waals surface area contributed by atoms with Gasteiger partial charge in [0.25, 0.3) is 0 Å². The first-order chi connectivity index (χ1) is 14.0. The summed E-state index contributed by atoms with van der Waals surface area (Å²) in [7, 11) is 1.31. The van der Waals surface area contributed by atoms with E-state index >= 15 is 0 Å². The fourth-order valence-electron chi connectivity index (χ4n) is 5.77. The summed E-state index contributed by atoms with van der Waals surface area (Å²) >= 11 is 0. The molecule has 6 nitrogen and oxygen atoms in total. The third kappa shape index (κ3) is 2.03. The van der Waals surface area contributed by atoms with Crippen LogP contribution in [0, 0.1) is 10.8 Å². The molecule has 2 aliphatic carbocycles. The average molecular weight is 391 g/mol. The summed E-state index contributed by atoms with van der Waals surface area (Å²) in [4.78, 5) is 40.5. The number of hydrogen-bond donors (Lipinski definition) is 0. The van der Waals surface area contributed by atoms with E-state index in [9.17, 15) is 14.4 Å². The topological polar surface area (TPSA) is 72.9 Å². The van der Waals surface area contributed by atoms with Gasteiger partial charge < -0.3 is 9.47 Å². The Labute approximate surface area is 168 Å². The van der Waals surface area contributed by atoms with Crippen molar-refractivity contribution in [3.63, 3.8) is 0 Å². The SMILES string of the molecule is COC(=O)C12C(=O)CC3N(C(=O)OCc4ccccc4)c4ccccc4C1C32C. The summed E-state index contributed by atoms with van der Waals surface area (Å²) in [5.74, 6) is -0.938. The number of ether oxygens (including phenoxy) is 2. The van der Waals surface area contributed by atoms with E-state index in [1.807, 2.05) is 61.5 Å². The molecule has 0 N–H and O–H groups in total. The minimum atomic E-state index is -1.21. The molecule has 2 aromatic rings. The van der Waals surface area contributed by atoms with Gasteiger partial charge in [0.15, 0.2) is 5.78 Å². The van der Waals surface area contributed by atoms with Crippen molar-refractivity contribution in [2.75, 3.05) is 12.0 Å². The van der Waals surface area contributed by atoms with Crippen LogP contribution in [0.3, 0.4) is 0 Å². The Balaban J connectivity index is 1.54. The summed E-state index contributed by atoms with van der Waals surface area (Å²) in [5.41, 5.74) is 0.514. The predicted octanol–water partition coefficient (Wildman–Crippen LogP) is 3.45. The molecule has 29 heavy (non-hydrogen) atoms. The lowest BCUT2D eigenvalue weighted by molar-refractivity contribution is -0.151. The number of hydrogen-bond acceptors (Lipinski definition) is 5. The number of benzene rings is 2. The van der Waals surface area contributed by atoms with Gasteiger partial charge >= 0.3 is 12.1 Å². The minimum absolute atomic E-state index is 0.122. The molecule has 6 heteroatoms. The van der Waals surface area contributed by atoms with Gasteiger partial charge in [0.1, 0.15) is 12.0 Å². The molecule has 3 aliphatic rings. The molecule has 0 bridgehead atoms. The number of carbonyl (C=O) groups is 3. The summed E-state index contributed by atoms with van der Waals surface area (Å²) < 4.78 is 10.6. The Morgan fingerprint density at radius 3 is 2.52 bits per heavy atom. The van der Waals surface area contributed by atoms with E-state index in [1.54, 1.807) is 4.90 Å². The van der Waals surface area contributed by atoms with Crippen LogP contribution in [0.15, 0.2) is 54.6 Å². The number of ketones is 1. The van der Waals surface area contributed by atoms with Gasteiger partial charge in [-0.3, -0.25) is 14.5 Å². The third-order valence-electron chi connectivity index (χ3n) is 7.04. The van der Waals surface area contributed by atoms with E-state index < -0.39 is 28.9 Å². The average Bonchev–Trinajstić information content (AvgIpc) is 3.25. The number of methoxy groups -OCH3 is 1. The molecule has 0 saturated heterocycles. The first-order valence-corrected chi connectivity index (χ1v) is 9.68. The molecule has 148 valence electrons. The van der Waals surface area contributed by atoms with E-state index in [1.165, 1.54) is 7.11 Å². The van der Waals surface area contributed by atoms with Gasteiger partial charge in [-0.25, -0.2) is 4.79 Å². The van der Waals surface area contributed by atoms with Crippen molar-refractivity contribution in [2.45, 2.75) is 31.9 Å². The normalized spacial score (nSPS) is 31.0. The molecule has 2 fully saturated rings. The number of fused-ring (bicyclic) bond motifs is 3. The van der Waals surface area contributed by atoms with Gasteiger partial charge in [-0.05, 0) is 17.2 Å². The van der Waals surface area contributed by atoms with Gasteiger partial charge in [0.05, 0.1) is 18.8 Å². The molecule has 1 aliphatic heterocycles. The van der Waals surface area contributed by atoms with Crippen LogP contribution in [0.5, 0.6) is 0 Å². The molecule has 5 rings (SSSR count). The molecule has 4 atom stereocenters. The molecule has 0 aromatic heterocycles. The van der Waals surface area contributed by atoms with Crippen molar-refractivity contribution in [1.82, 2.24) is 0 Å². The maximum atomic E-state index is 13.2. The van der Waals surface area contributed by atoms with Crippen LogP contribution in [-0.4, -0.2) is 31.0 Å². The van der Waals surface area contributed by atoms with Crippen LogP contribution < -0.4 is 4.90 Å². The maximum absolute atomic E-state index is 13.2. The monoisotopic (exact) mass is 391 g/mol. The van der Waals surface area contributed by atoms with Gasteiger partial charge in [-0.15, -0.1) is 0 Å². The quantitative estimate of drug-likeness (QED) is 0.592. The number of anilines is 1. The highest BCUT2D eigenvalue weighted by atomic mass is 16.6. The van der Waals surface area contributed by atoms with Gasteiger partial charge in [-0.1, -0.05) is 55.5 Å². The van der Waals surface area contributed by atoms with E-state index in [-0.39, 0.29) is 24.7 Å². The largest absolute Gasteiger partial charge is 0.468 e. The summed E-state index contributed by atoms with van der Waals surface area (Å²) in [5, 5.41) is 0. The highest BCUT2D eigenvalue weighted by Crippen LogP contribution is 2.83. The Morgan fingerprint density at radius 1 is 1.10 bits per heavy atom. The Morgan fingerprint density at radius 2 is 1.79 bits per heavy atom. The fourth-order valence-corrected chi connectivity index (χ4v) is 5.77. The number of para-hydroxylation sites is 1. The van der Waals surface area contributed by atoms with E-state index in [4.69, 9.17) is 9.47 Å². The molecule has 4 unspecified atom stereocenters. The molecule has 2 saturated carbocycles. The number of nitrogens with zero attached hydrogens (tertiary/aromatic N) is 1. The first-order valence-electron chi connectivity index (χ1n) is 9.68. The smallest absolute Gasteiger partial charge is 0.414 e. The third-order valence-corrected chi connectivity index (χ3v) is 7.04. The molecule has 0 spiro atoms. The number of Topliss-reactive ketones (excluding diaryl/α,β-unsaturated/α-hetero) is 1. The zero-order valence-corrected chi connectivity index (χ0v) is 16.3. The van der Waals surface area contributed by atoms with E-state index in [0.29, 0.717) is 5.69 Å². The van der Waals surface area contributed by atoms with Crippen molar-refractivity contribution < 1.29 is 23.9 Å². The standard InChI is InChI=1S/C23H21NO5/c1-22-17-12-18(25)23(22,20(26)28-2)19(22)15-10-6-7-11-16(15)24(17)21(27)29-13-14-8-4-3-5-9-14/h3-11,17,19H,12-13H2,1-2H3. The van der Waals surface area contributed by atoms with Gasteiger partial charge in [0, 0.05) is 17.8 Å².